The molecule has 0 radical (unpaired) electrons. The van der Waals surface area contributed by atoms with Gasteiger partial charge in [-0.25, -0.2) is 0 Å². The summed E-state index contributed by atoms with van der Waals surface area (Å²) >= 11 is 1.74. The topological polar surface area (TPSA) is 29.3 Å². The van der Waals surface area contributed by atoms with Crippen LogP contribution in [0.2, 0.25) is 0 Å². The van der Waals surface area contributed by atoms with E-state index in [9.17, 15) is 0 Å². The molecule has 2 nitrogen and oxygen atoms in total. The minimum absolute atomic E-state index is 0.195. The smallest absolute Gasteiger partial charge is 0.0434 e. The molecule has 96 valence electrons. The average molecular weight is 260 g/mol. The summed E-state index contributed by atoms with van der Waals surface area (Å²) < 4.78 is 0. The van der Waals surface area contributed by atoms with E-state index in [0.29, 0.717) is 0 Å². The second kappa shape index (κ2) is 6.03. The number of nitrogens with zero attached hydrogens (tertiary/aromatic N) is 1. The lowest BCUT2D eigenvalue weighted by Gasteiger charge is -2.22. The molecule has 1 atom stereocenters. The van der Waals surface area contributed by atoms with Crippen LogP contribution in [0, 0.1) is 0 Å². The lowest BCUT2D eigenvalue weighted by Crippen LogP contribution is -2.22. The molecule has 2 aromatic rings. The van der Waals surface area contributed by atoms with E-state index in [-0.39, 0.29) is 6.04 Å². The fourth-order valence-corrected chi connectivity index (χ4v) is 2.80. The Hall–Kier alpha value is -1.32. The minimum Gasteiger partial charge on any atom is -0.370 e. The van der Waals surface area contributed by atoms with Gasteiger partial charge >= 0.3 is 0 Å². The summed E-state index contributed by atoms with van der Waals surface area (Å²) in [5, 5.41) is 4.32. The standard InChI is InChI=1S/C15H20N2S/c1-12(16)9-14-5-3-4-6-15(14)17(2)10-13-7-8-18-11-13/h3-8,11-12H,9-10,16H2,1-2H3. The highest BCUT2D eigenvalue weighted by Crippen LogP contribution is 2.22. The van der Waals surface area contributed by atoms with E-state index < -0.39 is 0 Å². The van der Waals surface area contributed by atoms with Crippen LogP contribution < -0.4 is 10.6 Å². The van der Waals surface area contributed by atoms with E-state index in [4.69, 9.17) is 5.73 Å². The van der Waals surface area contributed by atoms with Crippen molar-refractivity contribution in [2.45, 2.75) is 25.9 Å². The largest absolute Gasteiger partial charge is 0.370 e. The van der Waals surface area contributed by atoms with E-state index in [1.165, 1.54) is 16.8 Å². The fourth-order valence-electron chi connectivity index (χ4n) is 2.14. The van der Waals surface area contributed by atoms with Crippen molar-refractivity contribution in [3.63, 3.8) is 0 Å². The molecule has 0 saturated carbocycles. The quantitative estimate of drug-likeness (QED) is 0.894. The Kier molecular flexibility index (Phi) is 4.39. The number of para-hydroxylation sites is 1. The summed E-state index contributed by atoms with van der Waals surface area (Å²) in [6.07, 6.45) is 0.921. The second-order valence-corrected chi connectivity index (χ2v) is 5.58. The predicted octanol–water partition coefficient (Wildman–Crippen LogP) is 3.27. The molecule has 3 heteroatoms. The zero-order valence-electron chi connectivity index (χ0n) is 11.0. The van der Waals surface area contributed by atoms with E-state index >= 15 is 0 Å². The first-order chi connectivity index (χ1) is 8.66. The molecule has 0 amide bonds. The average Bonchev–Trinajstić information content (AvgIpc) is 2.81. The zero-order valence-corrected chi connectivity index (χ0v) is 11.8. The van der Waals surface area contributed by atoms with Crippen molar-refractivity contribution in [1.82, 2.24) is 0 Å². The first-order valence-corrected chi connectivity index (χ1v) is 7.17. The number of anilines is 1. The van der Waals surface area contributed by atoms with E-state index in [1.807, 2.05) is 0 Å². The first kappa shape index (κ1) is 13.1. The zero-order chi connectivity index (χ0) is 13.0. The van der Waals surface area contributed by atoms with Gasteiger partial charge in [0.05, 0.1) is 0 Å². The van der Waals surface area contributed by atoms with Crippen molar-refractivity contribution in [2.24, 2.45) is 5.73 Å². The van der Waals surface area contributed by atoms with Crippen LogP contribution in [0.25, 0.3) is 0 Å². The summed E-state index contributed by atoms with van der Waals surface area (Å²) in [4.78, 5) is 2.29. The van der Waals surface area contributed by atoms with Crippen LogP contribution in [0.3, 0.4) is 0 Å². The van der Waals surface area contributed by atoms with Crippen molar-refractivity contribution < 1.29 is 0 Å². The van der Waals surface area contributed by atoms with Crippen molar-refractivity contribution in [3.8, 4) is 0 Å². The number of hydrogen-bond donors (Lipinski definition) is 1. The number of nitrogens with two attached hydrogens (primary N) is 1. The van der Waals surface area contributed by atoms with Gasteiger partial charge in [-0.15, -0.1) is 0 Å². The Balaban J connectivity index is 2.16. The molecule has 0 fully saturated rings. The second-order valence-electron chi connectivity index (χ2n) is 4.80. The van der Waals surface area contributed by atoms with E-state index in [2.05, 4.69) is 60.0 Å². The Morgan fingerprint density at radius 1 is 1.28 bits per heavy atom. The highest BCUT2D eigenvalue weighted by atomic mass is 32.1. The van der Waals surface area contributed by atoms with Crippen molar-refractivity contribution in [1.29, 1.82) is 0 Å². The van der Waals surface area contributed by atoms with Crippen LogP contribution in [0.15, 0.2) is 41.1 Å². The number of benzene rings is 1. The number of thiophene rings is 1. The molecule has 0 spiro atoms. The van der Waals surface area contributed by atoms with Gasteiger partial charge in [-0.2, -0.15) is 11.3 Å². The van der Waals surface area contributed by atoms with Gasteiger partial charge in [0.15, 0.2) is 0 Å². The van der Waals surface area contributed by atoms with E-state index in [1.54, 1.807) is 11.3 Å². The Labute approximate surface area is 113 Å². The van der Waals surface area contributed by atoms with Gasteiger partial charge in [-0.3, -0.25) is 0 Å². The summed E-state index contributed by atoms with van der Waals surface area (Å²) in [6, 6.07) is 10.9. The molecule has 1 aromatic heterocycles. The van der Waals surface area contributed by atoms with Gasteiger partial charge in [0.2, 0.25) is 0 Å². The predicted molar refractivity (Wildman–Crippen MR) is 80.2 cm³/mol. The van der Waals surface area contributed by atoms with Crippen LogP contribution >= 0.6 is 11.3 Å². The molecule has 2 N–H and O–H groups in total. The molecule has 2 rings (SSSR count). The first-order valence-electron chi connectivity index (χ1n) is 6.22. The maximum Gasteiger partial charge on any atom is 0.0434 e. The van der Waals surface area contributed by atoms with E-state index in [0.717, 1.165) is 13.0 Å². The molecule has 1 aromatic carbocycles. The molecular weight excluding hydrogens is 240 g/mol. The van der Waals surface area contributed by atoms with Crippen LogP contribution in [0.4, 0.5) is 5.69 Å². The minimum atomic E-state index is 0.195. The van der Waals surface area contributed by atoms with Crippen molar-refractivity contribution in [3.05, 3.63) is 52.2 Å². The van der Waals surface area contributed by atoms with Gasteiger partial charge in [0.1, 0.15) is 0 Å². The molecule has 1 unspecified atom stereocenters. The summed E-state index contributed by atoms with van der Waals surface area (Å²) in [5.41, 5.74) is 9.88. The molecule has 0 saturated heterocycles. The normalized spacial score (nSPS) is 12.4. The van der Waals surface area contributed by atoms with Crippen molar-refractivity contribution >= 4 is 17.0 Å². The summed E-state index contributed by atoms with van der Waals surface area (Å²) in [6.45, 7) is 3.00. The molecule has 0 bridgehead atoms. The van der Waals surface area contributed by atoms with Crippen LogP contribution in [-0.4, -0.2) is 13.1 Å². The lowest BCUT2D eigenvalue weighted by molar-refractivity contribution is 0.734. The summed E-state index contributed by atoms with van der Waals surface area (Å²) in [7, 11) is 2.14. The maximum absolute atomic E-state index is 5.91. The highest BCUT2D eigenvalue weighted by molar-refractivity contribution is 7.07. The third-order valence-corrected chi connectivity index (χ3v) is 3.68. The maximum atomic E-state index is 5.91. The van der Waals surface area contributed by atoms with Gasteiger partial charge in [0.25, 0.3) is 0 Å². The Morgan fingerprint density at radius 3 is 2.72 bits per heavy atom. The SMILES string of the molecule is CC(N)Cc1ccccc1N(C)Cc1ccsc1. The third kappa shape index (κ3) is 3.34. The molecule has 1 heterocycles. The van der Waals surface area contributed by atoms with Crippen molar-refractivity contribution in [2.75, 3.05) is 11.9 Å². The number of hydrogen-bond acceptors (Lipinski definition) is 3. The van der Waals surface area contributed by atoms with Crippen LogP contribution in [0.5, 0.6) is 0 Å². The Morgan fingerprint density at radius 2 is 2.06 bits per heavy atom. The molecular formula is C15H20N2S. The molecule has 18 heavy (non-hydrogen) atoms. The van der Waals surface area contributed by atoms with Crippen LogP contribution in [-0.2, 0) is 13.0 Å². The molecule has 0 aliphatic carbocycles. The fraction of sp³-hybridized carbons (Fsp3) is 0.333. The van der Waals surface area contributed by atoms with Gasteiger partial charge < -0.3 is 10.6 Å². The van der Waals surface area contributed by atoms with Gasteiger partial charge in [-0.1, -0.05) is 18.2 Å². The Bertz CT molecular complexity index is 477. The van der Waals surface area contributed by atoms with Crippen LogP contribution in [0.1, 0.15) is 18.1 Å². The third-order valence-electron chi connectivity index (χ3n) is 2.94. The van der Waals surface area contributed by atoms with Gasteiger partial charge in [-0.05, 0) is 47.4 Å². The highest BCUT2D eigenvalue weighted by Gasteiger charge is 2.09. The molecule has 0 aliphatic heterocycles. The van der Waals surface area contributed by atoms with Gasteiger partial charge in [0, 0.05) is 25.3 Å². The summed E-state index contributed by atoms with van der Waals surface area (Å²) in [5.74, 6) is 0. The molecule has 0 aliphatic rings. The lowest BCUT2D eigenvalue weighted by atomic mass is 10.0. The number of rotatable bonds is 5. The monoisotopic (exact) mass is 260 g/mol.